The molecule has 0 saturated heterocycles. The molecule has 0 aliphatic carbocycles. The van der Waals surface area contributed by atoms with Gasteiger partial charge in [-0.1, -0.05) is 11.6 Å². The standard InChI is InChI=1S/C12H12ClN3O2/c1-2-17-12-10(14)3-4-11(16-12)18-9-5-8(13)6-15-7-9/h3-7H,2,14H2,1H3. The van der Waals surface area contributed by atoms with Crippen molar-refractivity contribution >= 4 is 17.3 Å². The van der Waals surface area contributed by atoms with E-state index < -0.39 is 0 Å². The fourth-order valence-corrected chi connectivity index (χ4v) is 1.48. The maximum atomic E-state index is 5.81. The molecule has 0 radical (unpaired) electrons. The molecule has 2 aromatic heterocycles. The Kier molecular flexibility index (Phi) is 3.84. The van der Waals surface area contributed by atoms with E-state index in [4.69, 9.17) is 26.8 Å². The Morgan fingerprint density at radius 2 is 2.17 bits per heavy atom. The Hall–Kier alpha value is -2.01. The van der Waals surface area contributed by atoms with E-state index in [0.29, 0.717) is 34.8 Å². The second-order valence-electron chi connectivity index (χ2n) is 3.42. The molecule has 2 rings (SSSR count). The van der Waals surface area contributed by atoms with Crippen molar-refractivity contribution < 1.29 is 9.47 Å². The predicted molar refractivity (Wildman–Crippen MR) is 69.1 cm³/mol. The van der Waals surface area contributed by atoms with Gasteiger partial charge in [0.15, 0.2) is 0 Å². The topological polar surface area (TPSA) is 70.3 Å². The van der Waals surface area contributed by atoms with Crippen LogP contribution in [-0.2, 0) is 0 Å². The van der Waals surface area contributed by atoms with Gasteiger partial charge in [-0.25, -0.2) is 0 Å². The highest BCUT2D eigenvalue weighted by molar-refractivity contribution is 6.30. The van der Waals surface area contributed by atoms with Gasteiger partial charge in [-0.3, -0.25) is 4.98 Å². The number of aromatic nitrogens is 2. The lowest BCUT2D eigenvalue weighted by Crippen LogP contribution is -2.00. The van der Waals surface area contributed by atoms with E-state index in [1.807, 2.05) is 6.92 Å². The minimum atomic E-state index is 0.352. The molecule has 0 unspecified atom stereocenters. The van der Waals surface area contributed by atoms with Crippen molar-refractivity contribution in [2.45, 2.75) is 6.92 Å². The van der Waals surface area contributed by atoms with Crippen LogP contribution in [0.3, 0.4) is 0 Å². The van der Waals surface area contributed by atoms with Crippen LogP contribution in [0.25, 0.3) is 0 Å². The fraction of sp³-hybridized carbons (Fsp3) is 0.167. The fourth-order valence-electron chi connectivity index (χ4n) is 1.31. The smallest absolute Gasteiger partial charge is 0.240 e. The third-order valence-corrected chi connectivity index (χ3v) is 2.25. The first-order valence-electron chi connectivity index (χ1n) is 5.36. The van der Waals surface area contributed by atoms with Gasteiger partial charge < -0.3 is 15.2 Å². The number of hydrogen-bond acceptors (Lipinski definition) is 5. The Morgan fingerprint density at radius 1 is 1.33 bits per heavy atom. The van der Waals surface area contributed by atoms with Crippen molar-refractivity contribution in [3.63, 3.8) is 0 Å². The lowest BCUT2D eigenvalue weighted by atomic mass is 10.4. The van der Waals surface area contributed by atoms with Crippen LogP contribution >= 0.6 is 11.6 Å². The number of pyridine rings is 2. The van der Waals surface area contributed by atoms with Crippen LogP contribution in [0.5, 0.6) is 17.5 Å². The highest BCUT2D eigenvalue weighted by atomic mass is 35.5. The highest BCUT2D eigenvalue weighted by Gasteiger charge is 2.06. The number of halogens is 1. The zero-order valence-corrected chi connectivity index (χ0v) is 10.5. The molecular weight excluding hydrogens is 254 g/mol. The summed E-state index contributed by atoms with van der Waals surface area (Å²) in [6.45, 7) is 2.34. The molecule has 0 atom stereocenters. The van der Waals surface area contributed by atoms with Gasteiger partial charge in [0.1, 0.15) is 5.75 Å². The summed E-state index contributed by atoms with van der Waals surface area (Å²) >= 11 is 5.81. The Balaban J connectivity index is 2.21. The Labute approximate surface area is 110 Å². The zero-order chi connectivity index (χ0) is 13.0. The van der Waals surface area contributed by atoms with Gasteiger partial charge in [0.05, 0.1) is 23.5 Å². The molecule has 0 bridgehead atoms. The molecule has 2 heterocycles. The zero-order valence-electron chi connectivity index (χ0n) is 9.76. The normalized spacial score (nSPS) is 10.1. The Bertz CT molecular complexity index is 549. The summed E-state index contributed by atoms with van der Waals surface area (Å²) in [5, 5.41) is 0.493. The first-order chi connectivity index (χ1) is 8.69. The van der Waals surface area contributed by atoms with Gasteiger partial charge in [0.25, 0.3) is 0 Å². The highest BCUT2D eigenvalue weighted by Crippen LogP contribution is 2.26. The number of hydrogen-bond donors (Lipinski definition) is 1. The summed E-state index contributed by atoms with van der Waals surface area (Å²) in [6, 6.07) is 4.97. The van der Waals surface area contributed by atoms with Crippen molar-refractivity contribution in [1.82, 2.24) is 9.97 Å². The molecule has 5 nitrogen and oxygen atoms in total. The van der Waals surface area contributed by atoms with Crippen molar-refractivity contribution in [3.8, 4) is 17.5 Å². The molecule has 0 spiro atoms. The Morgan fingerprint density at radius 3 is 2.89 bits per heavy atom. The average Bonchev–Trinajstić information content (AvgIpc) is 2.34. The maximum absolute atomic E-state index is 5.81. The van der Waals surface area contributed by atoms with Gasteiger partial charge in [-0.15, -0.1) is 0 Å². The first-order valence-corrected chi connectivity index (χ1v) is 5.74. The monoisotopic (exact) mass is 265 g/mol. The molecule has 94 valence electrons. The summed E-state index contributed by atoms with van der Waals surface area (Å²) in [5.74, 6) is 1.23. The van der Waals surface area contributed by atoms with Crippen LogP contribution in [0, 0.1) is 0 Å². The number of rotatable bonds is 4. The van der Waals surface area contributed by atoms with E-state index in [-0.39, 0.29) is 0 Å². The largest absolute Gasteiger partial charge is 0.476 e. The second kappa shape index (κ2) is 5.55. The van der Waals surface area contributed by atoms with Crippen molar-refractivity contribution in [2.75, 3.05) is 12.3 Å². The minimum absolute atomic E-state index is 0.352. The quantitative estimate of drug-likeness (QED) is 0.920. The van der Waals surface area contributed by atoms with Gasteiger partial charge in [0, 0.05) is 18.3 Å². The molecule has 0 aliphatic heterocycles. The lowest BCUT2D eigenvalue weighted by Gasteiger charge is -2.08. The van der Waals surface area contributed by atoms with Crippen molar-refractivity contribution in [1.29, 1.82) is 0 Å². The van der Waals surface area contributed by atoms with Crippen LogP contribution < -0.4 is 15.2 Å². The third kappa shape index (κ3) is 3.01. The van der Waals surface area contributed by atoms with Crippen LogP contribution in [-0.4, -0.2) is 16.6 Å². The summed E-state index contributed by atoms with van der Waals surface area (Å²) in [5.41, 5.74) is 6.18. The van der Waals surface area contributed by atoms with E-state index >= 15 is 0 Å². The predicted octanol–water partition coefficient (Wildman–Crippen LogP) is 2.90. The van der Waals surface area contributed by atoms with Crippen LogP contribution in [0.2, 0.25) is 5.02 Å². The molecule has 0 aromatic carbocycles. The van der Waals surface area contributed by atoms with Gasteiger partial charge in [-0.05, 0) is 13.0 Å². The summed E-state index contributed by atoms with van der Waals surface area (Å²) in [6.07, 6.45) is 3.07. The summed E-state index contributed by atoms with van der Waals surface area (Å²) in [7, 11) is 0. The molecule has 18 heavy (non-hydrogen) atoms. The first kappa shape index (κ1) is 12.4. The molecule has 6 heteroatoms. The lowest BCUT2D eigenvalue weighted by molar-refractivity contribution is 0.323. The SMILES string of the molecule is CCOc1nc(Oc2cncc(Cl)c2)ccc1N. The van der Waals surface area contributed by atoms with E-state index in [2.05, 4.69) is 9.97 Å². The molecular formula is C12H12ClN3O2. The summed E-state index contributed by atoms with van der Waals surface area (Å²) in [4.78, 5) is 8.06. The molecule has 0 fully saturated rings. The van der Waals surface area contributed by atoms with Crippen LogP contribution in [0.1, 0.15) is 6.92 Å². The van der Waals surface area contributed by atoms with E-state index in [0.717, 1.165) is 0 Å². The van der Waals surface area contributed by atoms with Crippen molar-refractivity contribution in [3.05, 3.63) is 35.6 Å². The van der Waals surface area contributed by atoms with Gasteiger partial charge in [-0.2, -0.15) is 4.98 Å². The minimum Gasteiger partial charge on any atom is -0.476 e. The second-order valence-corrected chi connectivity index (χ2v) is 3.85. The summed E-state index contributed by atoms with van der Waals surface area (Å²) < 4.78 is 10.8. The average molecular weight is 266 g/mol. The van der Waals surface area contributed by atoms with Gasteiger partial charge in [0.2, 0.25) is 11.8 Å². The van der Waals surface area contributed by atoms with Gasteiger partial charge >= 0.3 is 0 Å². The number of nitrogen functional groups attached to an aromatic ring is 1. The van der Waals surface area contributed by atoms with E-state index in [1.54, 1.807) is 24.4 Å². The maximum Gasteiger partial charge on any atom is 0.240 e. The van der Waals surface area contributed by atoms with E-state index in [9.17, 15) is 0 Å². The van der Waals surface area contributed by atoms with Crippen molar-refractivity contribution in [2.24, 2.45) is 0 Å². The van der Waals surface area contributed by atoms with Crippen LogP contribution in [0.15, 0.2) is 30.6 Å². The van der Waals surface area contributed by atoms with E-state index in [1.165, 1.54) is 6.20 Å². The van der Waals surface area contributed by atoms with Crippen LogP contribution in [0.4, 0.5) is 5.69 Å². The third-order valence-electron chi connectivity index (χ3n) is 2.05. The number of ether oxygens (including phenoxy) is 2. The molecule has 0 aliphatic rings. The number of anilines is 1. The molecule has 0 saturated carbocycles. The number of nitrogens with zero attached hydrogens (tertiary/aromatic N) is 2. The number of nitrogens with two attached hydrogens (primary N) is 1. The molecule has 2 aromatic rings. The molecule has 0 amide bonds. The molecule has 2 N–H and O–H groups in total.